The van der Waals surface area contributed by atoms with Crippen molar-refractivity contribution in [2.75, 3.05) is 19.6 Å². The molecule has 3 rings (SSSR count). The van der Waals surface area contributed by atoms with Crippen LogP contribution in [-0.2, 0) is 13.1 Å². The van der Waals surface area contributed by atoms with E-state index in [4.69, 9.17) is 0 Å². The maximum absolute atomic E-state index is 12.1. The molecule has 1 saturated heterocycles. The van der Waals surface area contributed by atoms with E-state index >= 15 is 0 Å². The number of hydrogen-bond acceptors (Lipinski definition) is 5. The maximum Gasteiger partial charge on any atom is 0.256 e. The van der Waals surface area contributed by atoms with Crippen LogP contribution in [0.3, 0.4) is 0 Å². The molecule has 1 aliphatic rings. The molecule has 1 fully saturated rings. The van der Waals surface area contributed by atoms with Crippen molar-refractivity contribution in [3.8, 4) is 0 Å². The van der Waals surface area contributed by atoms with Gasteiger partial charge >= 0.3 is 0 Å². The summed E-state index contributed by atoms with van der Waals surface area (Å²) >= 11 is 0. The van der Waals surface area contributed by atoms with E-state index in [1.165, 1.54) is 0 Å². The molecule has 3 heterocycles. The summed E-state index contributed by atoms with van der Waals surface area (Å²) in [5.41, 5.74) is 1.51. The average molecular weight is 343 g/mol. The molecule has 0 amide bonds. The fourth-order valence-electron chi connectivity index (χ4n) is 3.29. The Morgan fingerprint density at radius 1 is 1.08 bits per heavy atom. The van der Waals surface area contributed by atoms with Gasteiger partial charge < -0.3 is 4.90 Å². The fraction of sp³-hybridized carbons (Fsp3) is 0.556. The standard InChI is InChI=1S/C18H25N5O2/c1-14-10-19-12-23(18(14)25)11-16-3-5-21(6-4-16)7-8-22-13-20-15(2)9-17(22)24/h9-10,12-13,16H,3-8,11H2,1-2H3. The molecule has 2 aromatic heterocycles. The third-order valence-electron chi connectivity index (χ3n) is 4.91. The summed E-state index contributed by atoms with van der Waals surface area (Å²) in [5.74, 6) is 0.501. The molecule has 25 heavy (non-hydrogen) atoms. The molecule has 0 atom stereocenters. The zero-order valence-corrected chi connectivity index (χ0v) is 14.9. The second kappa shape index (κ2) is 7.74. The first-order chi connectivity index (χ1) is 12.0. The number of likely N-dealkylation sites (tertiary alicyclic amines) is 1. The Morgan fingerprint density at radius 3 is 2.56 bits per heavy atom. The van der Waals surface area contributed by atoms with E-state index in [0.29, 0.717) is 18.0 Å². The summed E-state index contributed by atoms with van der Waals surface area (Å²) in [7, 11) is 0. The number of nitrogens with zero attached hydrogens (tertiary/aromatic N) is 5. The molecule has 0 radical (unpaired) electrons. The minimum atomic E-state index is 0.00806. The first kappa shape index (κ1) is 17.5. The van der Waals surface area contributed by atoms with Gasteiger partial charge in [0.25, 0.3) is 11.1 Å². The molecule has 134 valence electrons. The first-order valence-corrected chi connectivity index (χ1v) is 8.79. The van der Waals surface area contributed by atoms with E-state index in [1.807, 2.05) is 6.92 Å². The Morgan fingerprint density at radius 2 is 1.84 bits per heavy atom. The van der Waals surface area contributed by atoms with Gasteiger partial charge in [0.1, 0.15) is 0 Å². The third-order valence-corrected chi connectivity index (χ3v) is 4.91. The van der Waals surface area contributed by atoms with Gasteiger partial charge in [-0.1, -0.05) is 0 Å². The lowest BCUT2D eigenvalue weighted by Crippen LogP contribution is -2.39. The van der Waals surface area contributed by atoms with Crippen molar-refractivity contribution in [2.24, 2.45) is 5.92 Å². The molecule has 0 bridgehead atoms. The highest BCUT2D eigenvalue weighted by Gasteiger charge is 2.20. The highest BCUT2D eigenvalue weighted by Crippen LogP contribution is 2.18. The van der Waals surface area contributed by atoms with Gasteiger partial charge in [0.15, 0.2) is 0 Å². The van der Waals surface area contributed by atoms with Gasteiger partial charge in [-0.2, -0.15) is 0 Å². The van der Waals surface area contributed by atoms with E-state index in [2.05, 4.69) is 14.9 Å². The van der Waals surface area contributed by atoms with Crippen LogP contribution in [0.4, 0.5) is 0 Å². The monoisotopic (exact) mass is 343 g/mol. The molecule has 0 unspecified atom stereocenters. The van der Waals surface area contributed by atoms with Crippen LogP contribution in [0.2, 0.25) is 0 Å². The number of rotatable bonds is 5. The van der Waals surface area contributed by atoms with Crippen molar-refractivity contribution in [1.82, 2.24) is 24.0 Å². The molecule has 2 aromatic rings. The van der Waals surface area contributed by atoms with Crippen LogP contribution in [0.1, 0.15) is 24.1 Å². The highest BCUT2D eigenvalue weighted by atomic mass is 16.1. The third kappa shape index (κ3) is 4.42. The van der Waals surface area contributed by atoms with Gasteiger partial charge in [0.2, 0.25) is 0 Å². The van der Waals surface area contributed by atoms with Crippen LogP contribution in [0, 0.1) is 19.8 Å². The molecular weight excluding hydrogens is 318 g/mol. The smallest absolute Gasteiger partial charge is 0.256 e. The van der Waals surface area contributed by atoms with Gasteiger partial charge in [0, 0.05) is 43.2 Å². The van der Waals surface area contributed by atoms with Crippen molar-refractivity contribution >= 4 is 0 Å². The lowest BCUT2D eigenvalue weighted by Gasteiger charge is -2.32. The maximum atomic E-state index is 12.1. The van der Waals surface area contributed by atoms with Gasteiger partial charge in [-0.05, 0) is 45.7 Å². The van der Waals surface area contributed by atoms with Crippen molar-refractivity contribution in [3.05, 3.63) is 56.9 Å². The summed E-state index contributed by atoms with van der Waals surface area (Å²) in [4.78, 5) is 34.7. The topological polar surface area (TPSA) is 73.0 Å². The van der Waals surface area contributed by atoms with E-state index in [0.717, 1.165) is 44.7 Å². The molecule has 0 N–H and O–H groups in total. The van der Waals surface area contributed by atoms with E-state index < -0.39 is 0 Å². The van der Waals surface area contributed by atoms with Crippen LogP contribution in [0.25, 0.3) is 0 Å². The minimum absolute atomic E-state index is 0.00806. The second-order valence-corrected chi connectivity index (χ2v) is 6.88. The van der Waals surface area contributed by atoms with Crippen molar-refractivity contribution < 1.29 is 0 Å². The molecule has 7 heteroatoms. The van der Waals surface area contributed by atoms with Crippen molar-refractivity contribution in [2.45, 2.75) is 39.8 Å². The van der Waals surface area contributed by atoms with Gasteiger partial charge in [-0.25, -0.2) is 9.97 Å². The van der Waals surface area contributed by atoms with Crippen LogP contribution in [-0.4, -0.2) is 43.6 Å². The summed E-state index contributed by atoms with van der Waals surface area (Å²) < 4.78 is 3.39. The molecule has 1 aliphatic heterocycles. The molecule has 0 aromatic carbocycles. The van der Waals surface area contributed by atoms with Gasteiger partial charge in [0.05, 0.1) is 12.7 Å². The fourth-order valence-corrected chi connectivity index (χ4v) is 3.29. The van der Waals surface area contributed by atoms with E-state index in [1.54, 1.807) is 41.0 Å². The summed E-state index contributed by atoms with van der Waals surface area (Å²) in [6.07, 6.45) is 6.99. The van der Waals surface area contributed by atoms with Gasteiger partial charge in [-0.3, -0.25) is 18.7 Å². The largest absolute Gasteiger partial charge is 0.302 e. The summed E-state index contributed by atoms with van der Waals surface area (Å²) in [6.45, 7) is 7.87. The van der Waals surface area contributed by atoms with Crippen molar-refractivity contribution in [1.29, 1.82) is 0 Å². The number of aromatic nitrogens is 4. The van der Waals surface area contributed by atoms with Crippen LogP contribution >= 0.6 is 0 Å². The zero-order chi connectivity index (χ0) is 17.8. The normalized spacial score (nSPS) is 16.2. The minimum Gasteiger partial charge on any atom is -0.302 e. The SMILES string of the molecule is Cc1cc(=O)n(CCN2CCC(Cn3cncc(C)c3=O)CC2)cn1. The average Bonchev–Trinajstić information content (AvgIpc) is 2.59. The predicted octanol–water partition coefficient (Wildman–Crippen LogP) is 0.829. The Labute approximate surface area is 147 Å². The zero-order valence-electron chi connectivity index (χ0n) is 14.9. The lowest BCUT2D eigenvalue weighted by molar-refractivity contribution is 0.167. The number of aryl methyl sites for hydroxylation is 2. The molecular formula is C18H25N5O2. The second-order valence-electron chi connectivity index (χ2n) is 6.88. The van der Waals surface area contributed by atoms with Crippen LogP contribution < -0.4 is 11.1 Å². The molecule has 0 saturated carbocycles. The Bertz CT molecular complexity index is 834. The summed E-state index contributed by atoms with van der Waals surface area (Å²) in [6, 6.07) is 1.57. The van der Waals surface area contributed by atoms with Crippen LogP contribution in [0.5, 0.6) is 0 Å². The lowest BCUT2D eigenvalue weighted by atomic mass is 9.96. The van der Waals surface area contributed by atoms with Crippen LogP contribution in [0.15, 0.2) is 34.5 Å². The quantitative estimate of drug-likeness (QED) is 0.804. The Hall–Kier alpha value is -2.28. The molecule has 0 aliphatic carbocycles. The van der Waals surface area contributed by atoms with Crippen molar-refractivity contribution in [3.63, 3.8) is 0 Å². The first-order valence-electron chi connectivity index (χ1n) is 8.79. The van der Waals surface area contributed by atoms with E-state index in [9.17, 15) is 9.59 Å². The predicted molar refractivity (Wildman–Crippen MR) is 95.6 cm³/mol. The Kier molecular flexibility index (Phi) is 5.43. The van der Waals surface area contributed by atoms with E-state index in [-0.39, 0.29) is 11.1 Å². The summed E-state index contributed by atoms with van der Waals surface area (Å²) in [5, 5.41) is 0. The highest BCUT2D eigenvalue weighted by molar-refractivity contribution is 5.00. The number of hydrogen-bond donors (Lipinski definition) is 0. The Balaban J connectivity index is 1.49. The van der Waals surface area contributed by atoms with Gasteiger partial charge in [-0.15, -0.1) is 0 Å². The molecule has 0 spiro atoms. The molecule has 7 nitrogen and oxygen atoms in total. The number of piperidine rings is 1.